The lowest BCUT2D eigenvalue weighted by Gasteiger charge is -2.20. The summed E-state index contributed by atoms with van der Waals surface area (Å²) in [5, 5.41) is 0.110. The van der Waals surface area contributed by atoms with Gasteiger partial charge in [0.15, 0.2) is 0 Å². The summed E-state index contributed by atoms with van der Waals surface area (Å²) in [5.41, 5.74) is 1.50. The number of fused-ring (bicyclic) bond motifs is 1. The highest BCUT2D eigenvalue weighted by atomic mass is 35.5. The number of alkyl halides is 1. The second-order valence-electron chi connectivity index (χ2n) is 5.56. The molecule has 1 aromatic carbocycles. The summed E-state index contributed by atoms with van der Waals surface area (Å²) in [6.45, 7) is 7.14. The molecule has 0 unspecified atom stereocenters. The normalized spacial score (nSPS) is 12.3. The van der Waals surface area contributed by atoms with Crippen LogP contribution in [0.15, 0.2) is 12.1 Å². The predicted octanol–water partition coefficient (Wildman–Crippen LogP) is 4.61. The number of rotatable bonds is 2. The first-order valence-electron chi connectivity index (χ1n) is 5.72. The van der Waals surface area contributed by atoms with Crippen molar-refractivity contribution in [1.82, 2.24) is 9.55 Å². The van der Waals surface area contributed by atoms with Gasteiger partial charge in [-0.2, -0.15) is 0 Å². The van der Waals surface area contributed by atoms with Crippen LogP contribution >= 0.6 is 23.2 Å². The molecule has 0 amide bonds. The summed E-state index contributed by atoms with van der Waals surface area (Å²) in [4.78, 5) is 4.35. The molecule has 2 aromatic rings. The Kier molecular flexibility index (Phi) is 3.56. The van der Waals surface area contributed by atoms with Gasteiger partial charge < -0.3 is 4.57 Å². The number of nitrogens with zero attached hydrogens (tertiary/aromatic N) is 2. The van der Waals surface area contributed by atoms with Gasteiger partial charge in [-0.25, -0.2) is 9.37 Å². The average Bonchev–Trinajstić information content (AvgIpc) is 2.55. The van der Waals surface area contributed by atoms with Gasteiger partial charge in [-0.05, 0) is 11.5 Å². The molecule has 1 heterocycles. The van der Waals surface area contributed by atoms with Gasteiger partial charge in [0.2, 0.25) is 0 Å². The minimum atomic E-state index is -0.453. The number of benzene rings is 1. The van der Waals surface area contributed by atoms with Crippen LogP contribution in [0.3, 0.4) is 0 Å². The fourth-order valence-electron chi connectivity index (χ4n) is 1.92. The van der Waals surface area contributed by atoms with E-state index in [0.717, 1.165) is 17.9 Å². The van der Waals surface area contributed by atoms with Crippen molar-refractivity contribution in [3.05, 3.63) is 28.8 Å². The molecule has 18 heavy (non-hydrogen) atoms. The van der Waals surface area contributed by atoms with E-state index in [2.05, 4.69) is 25.8 Å². The van der Waals surface area contributed by atoms with Crippen molar-refractivity contribution in [3.63, 3.8) is 0 Å². The molecule has 98 valence electrons. The van der Waals surface area contributed by atoms with Crippen LogP contribution < -0.4 is 0 Å². The summed E-state index contributed by atoms with van der Waals surface area (Å²) < 4.78 is 15.4. The molecule has 2 nitrogen and oxygen atoms in total. The molecule has 0 aliphatic heterocycles. The molecule has 0 spiro atoms. The summed E-state index contributed by atoms with van der Waals surface area (Å²) in [6, 6.07) is 2.97. The maximum Gasteiger partial charge on any atom is 0.144 e. The fourth-order valence-corrected chi connectivity index (χ4v) is 2.28. The smallest absolute Gasteiger partial charge is 0.144 e. The van der Waals surface area contributed by atoms with Crippen LogP contribution in [0.4, 0.5) is 4.39 Å². The number of aromatic nitrogens is 2. The lowest BCUT2D eigenvalue weighted by Crippen LogP contribution is -2.17. The molecule has 2 rings (SSSR count). The zero-order valence-corrected chi connectivity index (χ0v) is 12.1. The van der Waals surface area contributed by atoms with Gasteiger partial charge in [-0.15, -0.1) is 11.6 Å². The Morgan fingerprint density at radius 3 is 2.56 bits per heavy atom. The predicted molar refractivity (Wildman–Crippen MR) is 73.7 cm³/mol. The molecule has 0 bridgehead atoms. The monoisotopic (exact) mass is 288 g/mol. The number of hydrogen-bond donors (Lipinski definition) is 0. The van der Waals surface area contributed by atoms with E-state index < -0.39 is 5.82 Å². The van der Waals surface area contributed by atoms with Gasteiger partial charge >= 0.3 is 0 Å². The van der Waals surface area contributed by atoms with Crippen LogP contribution in [-0.2, 0) is 12.4 Å². The Hall–Kier alpha value is -0.800. The third-order valence-electron chi connectivity index (χ3n) is 2.62. The van der Waals surface area contributed by atoms with E-state index in [-0.39, 0.29) is 10.4 Å². The van der Waals surface area contributed by atoms with Crippen LogP contribution in [0.25, 0.3) is 11.0 Å². The highest BCUT2D eigenvalue weighted by Gasteiger charge is 2.18. The molecule has 1 aromatic heterocycles. The first-order valence-corrected chi connectivity index (χ1v) is 6.63. The molecule has 0 fully saturated rings. The standard InChI is InChI=1S/C13H15Cl2FN2/c1-13(2,3)7-18-11-4-8(15)9(16)5-10(11)17-12(18)6-14/h4-5H,6-7H2,1-3H3. The van der Waals surface area contributed by atoms with E-state index >= 15 is 0 Å². The van der Waals surface area contributed by atoms with E-state index in [1.807, 2.05) is 4.57 Å². The molecule has 0 saturated carbocycles. The van der Waals surface area contributed by atoms with E-state index in [0.29, 0.717) is 11.4 Å². The molecule has 0 aliphatic rings. The summed E-state index contributed by atoms with van der Waals surface area (Å²) >= 11 is 11.7. The summed E-state index contributed by atoms with van der Waals surface area (Å²) in [7, 11) is 0. The van der Waals surface area contributed by atoms with Gasteiger partial charge in [0.1, 0.15) is 11.6 Å². The zero-order chi connectivity index (χ0) is 13.5. The third-order valence-corrected chi connectivity index (χ3v) is 3.15. The molecule has 0 atom stereocenters. The van der Waals surface area contributed by atoms with E-state index in [1.165, 1.54) is 6.07 Å². The highest BCUT2D eigenvalue weighted by Crippen LogP contribution is 2.27. The molecule has 0 radical (unpaired) electrons. The minimum absolute atomic E-state index is 0.0787. The van der Waals surface area contributed by atoms with Gasteiger partial charge in [0, 0.05) is 12.6 Å². The number of imidazole rings is 1. The van der Waals surface area contributed by atoms with Crippen LogP contribution in [0.2, 0.25) is 5.02 Å². The highest BCUT2D eigenvalue weighted by molar-refractivity contribution is 6.31. The third kappa shape index (κ3) is 2.62. The Bertz CT molecular complexity index is 585. The minimum Gasteiger partial charge on any atom is -0.326 e. The fraction of sp³-hybridized carbons (Fsp3) is 0.462. The van der Waals surface area contributed by atoms with Crippen molar-refractivity contribution >= 4 is 34.2 Å². The van der Waals surface area contributed by atoms with E-state index in [9.17, 15) is 4.39 Å². The number of halogens is 3. The molecular formula is C13H15Cl2FN2. The van der Waals surface area contributed by atoms with Gasteiger partial charge in [0.05, 0.1) is 21.9 Å². The van der Waals surface area contributed by atoms with Crippen molar-refractivity contribution in [2.45, 2.75) is 33.2 Å². The van der Waals surface area contributed by atoms with Crippen molar-refractivity contribution in [1.29, 1.82) is 0 Å². The van der Waals surface area contributed by atoms with Crippen molar-refractivity contribution in [2.24, 2.45) is 5.41 Å². The van der Waals surface area contributed by atoms with Crippen molar-refractivity contribution in [2.75, 3.05) is 0 Å². The Balaban J connectivity index is 2.65. The quantitative estimate of drug-likeness (QED) is 0.738. The summed E-state index contributed by atoms with van der Waals surface area (Å²) in [6.07, 6.45) is 0. The Morgan fingerprint density at radius 1 is 1.33 bits per heavy atom. The molecule has 0 saturated heterocycles. The zero-order valence-electron chi connectivity index (χ0n) is 10.6. The Morgan fingerprint density at radius 2 is 2.00 bits per heavy atom. The lowest BCUT2D eigenvalue weighted by molar-refractivity contribution is 0.344. The maximum atomic E-state index is 13.4. The first-order chi connectivity index (χ1) is 8.31. The second kappa shape index (κ2) is 4.71. The first kappa shape index (κ1) is 13.6. The van der Waals surface area contributed by atoms with E-state index in [1.54, 1.807) is 6.07 Å². The molecule has 0 aliphatic carbocycles. The van der Waals surface area contributed by atoms with Crippen molar-refractivity contribution in [3.8, 4) is 0 Å². The van der Waals surface area contributed by atoms with Crippen LogP contribution in [-0.4, -0.2) is 9.55 Å². The molecule has 5 heteroatoms. The van der Waals surface area contributed by atoms with Crippen LogP contribution in [0, 0.1) is 11.2 Å². The lowest BCUT2D eigenvalue weighted by atomic mass is 9.97. The second-order valence-corrected chi connectivity index (χ2v) is 6.24. The number of hydrogen-bond acceptors (Lipinski definition) is 1. The van der Waals surface area contributed by atoms with Crippen LogP contribution in [0.5, 0.6) is 0 Å². The summed E-state index contributed by atoms with van der Waals surface area (Å²) in [5.74, 6) is 0.582. The average molecular weight is 289 g/mol. The van der Waals surface area contributed by atoms with Crippen molar-refractivity contribution < 1.29 is 4.39 Å². The van der Waals surface area contributed by atoms with Crippen LogP contribution in [0.1, 0.15) is 26.6 Å². The maximum absolute atomic E-state index is 13.4. The van der Waals surface area contributed by atoms with Gasteiger partial charge in [-0.1, -0.05) is 32.4 Å². The largest absolute Gasteiger partial charge is 0.326 e. The Labute approximate surface area is 116 Å². The van der Waals surface area contributed by atoms with E-state index in [4.69, 9.17) is 23.2 Å². The molecule has 0 N–H and O–H groups in total. The molecular weight excluding hydrogens is 274 g/mol. The SMILES string of the molecule is CC(C)(C)Cn1c(CCl)nc2cc(F)c(Cl)cc21. The topological polar surface area (TPSA) is 17.8 Å². The van der Waals surface area contributed by atoms with Gasteiger partial charge in [0.25, 0.3) is 0 Å². The van der Waals surface area contributed by atoms with Gasteiger partial charge in [-0.3, -0.25) is 0 Å².